The topological polar surface area (TPSA) is 35.5 Å². The normalized spacial score (nSPS) is 10.4. The summed E-state index contributed by atoms with van der Waals surface area (Å²) in [6, 6.07) is 5.50. The van der Waals surface area contributed by atoms with Crippen molar-refractivity contribution in [2.75, 3.05) is 7.11 Å². The first kappa shape index (κ1) is 13.8. The number of halogens is 1. The van der Waals surface area contributed by atoms with Gasteiger partial charge in [-0.15, -0.1) is 0 Å². The second-order valence-corrected chi connectivity index (χ2v) is 4.41. The lowest BCUT2D eigenvalue weighted by molar-refractivity contribution is -0.147. The van der Waals surface area contributed by atoms with E-state index in [-0.39, 0.29) is 12.1 Å². The molecule has 0 fully saturated rings. The minimum Gasteiger partial charge on any atom is -0.495 e. The lowest BCUT2D eigenvalue weighted by Crippen LogP contribution is -2.11. The molecule has 0 atom stereocenters. The minimum atomic E-state index is -0.188. The van der Waals surface area contributed by atoms with E-state index in [2.05, 4.69) is 0 Å². The van der Waals surface area contributed by atoms with E-state index in [1.807, 2.05) is 26.0 Å². The Kier molecular flexibility index (Phi) is 5.29. The third-order valence-corrected chi connectivity index (χ3v) is 2.50. The summed E-state index contributed by atoms with van der Waals surface area (Å²) in [6.07, 6.45) is 0.915. The summed E-state index contributed by atoms with van der Waals surface area (Å²) < 4.78 is 10.1. The van der Waals surface area contributed by atoms with Crippen LogP contribution in [0.5, 0.6) is 5.75 Å². The molecule has 3 nitrogen and oxygen atoms in total. The first-order valence-corrected chi connectivity index (χ1v) is 5.92. The number of rotatable bonds is 5. The number of ether oxygens (including phenoxy) is 2. The van der Waals surface area contributed by atoms with Crippen molar-refractivity contribution < 1.29 is 14.3 Å². The maximum atomic E-state index is 11.4. The third-order valence-electron chi connectivity index (χ3n) is 2.20. The Labute approximate surface area is 107 Å². The summed E-state index contributed by atoms with van der Waals surface area (Å²) >= 11 is 5.99. The molecule has 17 heavy (non-hydrogen) atoms. The van der Waals surface area contributed by atoms with Crippen LogP contribution in [0.25, 0.3) is 0 Å². The van der Waals surface area contributed by atoms with Gasteiger partial charge in [0.05, 0.1) is 18.2 Å². The van der Waals surface area contributed by atoms with Crippen molar-refractivity contribution in [3.8, 4) is 5.75 Å². The van der Waals surface area contributed by atoms with E-state index in [0.717, 1.165) is 5.56 Å². The number of aryl methyl sites for hydroxylation is 1. The quantitative estimate of drug-likeness (QED) is 0.759. The lowest BCUT2D eigenvalue weighted by Gasteiger charge is -2.08. The Morgan fingerprint density at radius 3 is 2.65 bits per heavy atom. The molecule has 0 bridgehead atoms. The molecule has 0 heterocycles. The molecule has 1 aromatic rings. The SMILES string of the molecule is COc1ccc(CCC(=O)OC(C)C)cc1Cl. The number of benzene rings is 1. The summed E-state index contributed by atoms with van der Waals surface area (Å²) in [5.74, 6) is 0.451. The van der Waals surface area contributed by atoms with Gasteiger partial charge in [-0.1, -0.05) is 17.7 Å². The van der Waals surface area contributed by atoms with E-state index in [4.69, 9.17) is 21.1 Å². The van der Waals surface area contributed by atoms with Crippen molar-refractivity contribution in [1.82, 2.24) is 0 Å². The molecule has 94 valence electrons. The van der Waals surface area contributed by atoms with E-state index >= 15 is 0 Å². The maximum Gasteiger partial charge on any atom is 0.306 e. The largest absolute Gasteiger partial charge is 0.495 e. The van der Waals surface area contributed by atoms with Crippen molar-refractivity contribution in [3.05, 3.63) is 28.8 Å². The average Bonchev–Trinajstić information content (AvgIpc) is 2.25. The fourth-order valence-corrected chi connectivity index (χ4v) is 1.71. The predicted molar refractivity (Wildman–Crippen MR) is 67.6 cm³/mol. The van der Waals surface area contributed by atoms with Crippen LogP contribution in [0.2, 0.25) is 5.02 Å². The standard InChI is InChI=1S/C13H17ClO3/c1-9(2)17-13(15)7-5-10-4-6-12(16-3)11(14)8-10/h4,6,8-9H,5,7H2,1-3H3. The maximum absolute atomic E-state index is 11.4. The van der Waals surface area contributed by atoms with Gasteiger partial charge < -0.3 is 9.47 Å². The van der Waals surface area contributed by atoms with Gasteiger partial charge in [0.1, 0.15) is 5.75 Å². The van der Waals surface area contributed by atoms with Crippen LogP contribution in [0, 0.1) is 0 Å². The van der Waals surface area contributed by atoms with Gasteiger partial charge in [-0.3, -0.25) is 4.79 Å². The van der Waals surface area contributed by atoms with Crippen molar-refractivity contribution in [2.45, 2.75) is 32.8 Å². The molecule has 0 radical (unpaired) electrons. The van der Waals surface area contributed by atoms with Crippen LogP contribution < -0.4 is 4.74 Å². The zero-order valence-corrected chi connectivity index (χ0v) is 11.1. The molecule has 0 aromatic heterocycles. The van der Waals surface area contributed by atoms with Crippen LogP contribution in [0.15, 0.2) is 18.2 Å². The zero-order valence-electron chi connectivity index (χ0n) is 10.3. The lowest BCUT2D eigenvalue weighted by atomic mass is 10.1. The van der Waals surface area contributed by atoms with E-state index in [1.54, 1.807) is 13.2 Å². The molecule has 0 aliphatic carbocycles. The molecule has 0 saturated carbocycles. The number of hydrogen-bond donors (Lipinski definition) is 0. The van der Waals surface area contributed by atoms with Crippen molar-refractivity contribution in [1.29, 1.82) is 0 Å². The Hall–Kier alpha value is -1.22. The first-order chi connectivity index (χ1) is 8.02. The third kappa shape index (κ3) is 4.65. The fraction of sp³-hybridized carbons (Fsp3) is 0.462. The number of carbonyl (C=O) groups excluding carboxylic acids is 1. The molecule has 4 heteroatoms. The Morgan fingerprint density at radius 2 is 2.12 bits per heavy atom. The van der Waals surface area contributed by atoms with Gasteiger partial charge in [-0.25, -0.2) is 0 Å². The predicted octanol–water partition coefficient (Wildman–Crippen LogP) is 3.23. The second kappa shape index (κ2) is 6.50. The van der Waals surface area contributed by atoms with Crippen LogP contribution >= 0.6 is 11.6 Å². The molecular formula is C13H17ClO3. The summed E-state index contributed by atoms with van der Waals surface area (Å²) in [4.78, 5) is 11.4. The molecule has 0 unspecified atom stereocenters. The molecule has 0 aliphatic heterocycles. The Balaban J connectivity index is 2.52. The van der Waals surface area contributed by atoms with E-state index in [0.29, 0.717) is 23.6 Å². The van der Waals surface area contributed by atoms with Crippen LogP contribution in [-0.4, -0.2) is 19.2 Å². The number of esters is 1. The van der Waals surface area contributed by atoms with Crippen LogP contribution in [-0.2, 0) is 16.0 Å². The summed E-state index contributed by atoms with van der Waals surface area (Å²) in [6.45, 7) is 3.67. The average molecular weight is 257 g/mol. The molecular weight excluding hydrogens is 240 g/mol. The molecule has 0 spiro atoms. The molecule has 0 aliphatic rings. The summed E-state index contributed by atoms with van der Waals surface area (Å²) in [5, 5.41) is 0.558. The number of hydrogen-bond acceptors (Lipinski definition) is 3. The molecule has 0 N–H and O–H groups in total. The van der Waals surface area contributed by atoms with Gasteiger partial charge in [-0.05, 0) is 38.0 Å². The van der Waals surface area contributed by atoms with Gasteiger partial charge >= 0.3 is 5.97 Å². The van der Waals surface area contributed by atoms with E-state index in [1.165, 1.54) is 0 Å². The van der Waals surface area contributed by atoms with Gasteiger partial charge in [0.2, 0.25) is 0 Å². The van der Waals surface area contributed by atoms with Crippen molar-refractivity contribution in [3.63, 3.8) is 0 Å². The first-order valence-electron chi connectivity index (χ1n) is 5.55. The van der Waals surface area contributed by atoms with Crippen LogP contribution in [0.3, 0.4) is 0 Å². The highest BCUT2D eigenvalue weighted by atomic mass is 35.5. The molecule has 1 rings (SSSR count). The van der Waals surface area contributed by atoms with E-state index in [9.17, 15) is 4.79 Å². The highest BCUT2D eigenvalue weighted by Gasteiger charge is 2.07. The van der Waals surface area contributed by atoms with Gasteiger partial charge in [0, 0.05) is 6.42 Å². The summed E-state index contributed by atoms with van der Waals surface area (Å²) in [5.41, 5.74) is 0.997. The zero-order chi connectivity index (χ0) is 12.8. The minimum absolute atomic E-state index is 0.0676. The summed E-state index contributed by atoms with van der Waals surface area (Å²) in [7, 11) is 1.57. The molecule has 0 amide bonds. The van der Waals surface area contributed by atoms with E-state index < -0.39 is 0 Å². The number of carbonyl (C=O) groups is 1. The van der Waals surface area contributed by atoms with Crippen molar-refractivity contribution in [2.24, 2.45) is 0 Å². The smallest absolute Gasteiger partial charge is 0.306 e. The van der Waals surface area contributed by atoms with Crippen LogP contribution in [0.1, 0.15) is 25.8 Å². The van der Waals surface area contributed by atoms with Gasteiger partial charge in [0.15, 0.2) is 0 Å². The molecule has 0 saturated heterocycles. The monoisotopic (exact) mass is 256 g/mol. The van der Waals surface area contributed by atoms with Gasteiger partial charge in [-0.2, -0.15) is 0 Å². The highest BCUT2D eigenvalue weighted by molar-refractivity contribution is 6.32. The van der Waals surface area contributed by atoms with Crippen LogP contribution in [0.4, 0.5) is 0 Å². The Bertz CT molecular complexity index is 388. The fourth-order valence-electron chi connectivity index (χ4n) is 1.43. The highest BCUT2D eigenvalue weighted by Crippen LogP contribution is 2.25. The van der Waals surface area contributed by atoms with Gasteiger partial charge in [0.25, 0.3) is 0 Å². The second-order valence-electron chi connectivity index (χ2n) is 4.01. The van der Waals surface area contributed by atoms with Crippen molar-refractivity contribution >= 4 is 17.6 Å². The number of methoxy groups -OCH3 is 1. The Morgan fingerprint density at radius 1 is 1.41 bits per heavy atom. The molecule has 1 aromatic carbocycles.